The van der Waals surface area contributed by atoms with Crippen molar-refractivity contribution in [3.05, 3.63) is 12.0 Å². The molecular weight excluding hydrogens is 280 g/mol. The summed E-state index contributed by atoms with van der Waals surface area (Å²) in [7, 11) is -1.60. The van der Waals surface area contributed by atoms with E-state index in [2.05, 4.69) is 14.9 Å². The van der Waals surface area contributed by atoms with Crippen LogP contribution in [0.5, 0.6) is 0 Å². The van der Waals surface area contributed by atoms with E-state index in [0.717, 1.165) is 25.9 Å². The molecule has 2 heterocycles. The largest absolute Gasteiger partial charge is 0.395 e. The minimum atomic E-state index is -3.62. The first-order valence-electron chi connectivity index (χ1n) is 6.78. The number of aliphatic hydroxyl groups is 1. The second-order valence-corrected chi connectivity index (χ2v) is 7.07. The van der Waals surface area contributed by atoms with Crippen LogP contribution in [0.25, 0.3) is 0 Å². The van der Waals surface area contributed by atoms with Crippen LogP contribution >= 0.6 is 0 Å². The number of aryl methyl sites for hydroxylation is 1. The highest BCUT2D eigenvalue weighted by atomic mass is 32.2. The van der Waals surface area contributed by atoms with E-state index < -0.39 is 10.0 Å². The normalized spacial score (nSPS) is 18.8. The lowest BCUT2D eigenvalue weighted by atomic mass is 10.1. The van der Waals surface area contributed by atoms with Crippen molar-refractivity contribution in [2.24, 2.45) is 0 Å². The molecule has 2 rings (SSSR count). The first-order chi connectivity index (χ1) is 9.45. The standard InChI is InChI=1S/C12H22N4O3S/c1-10-13-9-12(14-10)20(18,19)16(7-8-17)11-3-5-15(2)6-4-11/h9,11,17H,3-8H2,1-2H3,(H,13,14). The van der Waals surface area contributed by atoms with Gasteiger partial charge in [0.15, 0.2) is 5.03 Å². The van der Waals surface area contributed by atoms with Crippen LogP contribution in [0, 0.1) is 6.92 Å². The number of hydrogen-bond donors (Lipinski definition) is 2. The summed E-state index contributed by atoms with van der Waals surface area (Å²) in [6.45, 7) is 3.38. The molecule has 1 saturated heterocycles. The summed E-state index contributed by atoms with van der Waals surface area (Å²) in [5.41, 5.74) is 0. The Bertz CT molecular complexity index is 535. The zero-order valence-electron chi connectivity index (χ0n) is 11.9. The quantitative estimate of drug-likeness (QED) is 0.786. The predicted molar refractivity (Wildman–Crippen MR) is 74.8 cm³/mol. The first-order valence-corrected chi connectivity index (χ1v) is 8.22. The summed E-state index contributed by atoms with van der Waals surface area (Å²) < 4.78 is 26.7. The molecule has 1 aromatic rings. The third-order valence-electron chi connectivity index (χ3n) is 3.68. The van der Waals surface area contributed by atoms with E-state index in [1.54, 1.807) is 6.92 Å². The zero-order chi connectivity index (χ0) is 14.8. The molecule has 7 nitrogen and oxygen atoms in total. The van der Waals surface area contributed by atoms with Gasteiger partial charge in [0.1, 0.15) is 5.82 Å². The third kappa shape index (κ3) is 3.20. The van der Waals surface area contributed by atoms with E-state index in [-0.39, 0.29) is 24.2 Å². The maximum absolute atomic E-state index is 12.6. The van der Waals surface area contributed by atoms with Crippen LogP contribution in [0.2, 0.25) is 0 Å². The molecule has 0 saturated carbocycles. The molecule has 0 atom stereocenters. The van der Waals surface area contributed by atoms with Crippen molar-refractivity contribution < 1.29 is 13.5 Å². The van der Waals surface area contributed by atoms with Crippen molar-refractivity contribution >= 4 is 10.0 Å². The maximum atomic E-state index is 12.6. The Balaban J connectivity index is 2.23. The number of nitrogens with one attached hydrogen (secondary N) is 1. The Kier molecular flexibility index (Phi) is 4.79. The lowest BCUT2D eigenvalue weighted by Gasteiger charge is -2.35. The van der Waals surface area contributed by atoms with Crippen LogP contribution in [0.3, 0.4) is 0 Å². The van der Waals surface area contributed by atoms with Gasteiger partial charge in [-0.3, -0.25) is 0 Å². The second-order valence-electron chi connectivity index (χ2n) is 5.21. The Morgan fingerprint density at radius 1 is 1.50 bits per heavy atom. The number of piperidine rings is 1. The molecule has 8 heteroatoms. The molecule has 20 heavy (non-hydrogen) atoms. The number of sulfonamides is 1. The van der Waals surface area contributed by atoms with Gasteiger partial charge in [0, 0.05) is 12.6 Å². The summed E-state index contributed by atoms with van der Waals surface area (Å²) in [4.78, 5) is 8.90. The number of hydrogen-bond acceptors (Lipinski definition) is 5. The molecule has 1 aliphatic rings. The average molecular weight is 302 g/mol. The van der Waals surface area contributed by atoms with Gasteiger partial charge in [0.05, 0.1) is 12.8 Å². The Hall–Kier alpha value is -0.960. The van der Waals surface area contributed by atoms with Gasteiger partial charge in [-0.2, -0.15) is 4.31 Å². The Morgan fingerprint density at radius 2 is 2.15 bits per heavy atom. The smallest absolute Gasteiger partial charge is 0.260 e. The molecule has 0 aliphatic carbocycles. The molecule has 114 valence electrons. The number of nitrogens with zero attached hydrogens (tertiary/aromatic N) is 3. The first kappa shape index (κ1) is 15.4. The molecule has 0 radical (unpaired) electrons. The fraction of sp³-hybridized carbons (Fsp3) is 0.750. The van der Waals surface area contributed by atoms with E-state index in [9.17, 15) is 13.5 Å². The number of aliphatic hydroxyl groups excluding tert-OH is 1. The van der Waals surface area contributed by atoms with Gasteiger partial charge in [0.2, 0.25) is 0 Å². The number of likely N-dealkylation sites (tertiary alicyclic amines) is 1. The number of imidazole rings is 1. The molecule has 0 amide bonds. The van der Waals surface area contributed by atoms with Crippen LogP contribution in [0.15, 0.2) is 11.2 Å². The fourth-order valence-corrected chi connectivity index (χ4v) is 4.18. The lowest BCUT2D eigenvalue weighted by Crippen LogP contribution is -2.47. The monoisotopic (exact) mass is 302 g/mol. The SMILES string of the molecule is Cc1ncc(S(=O)(=O)N(CCO)C2CCN(C)CC2)[nH]1. The van der Waals surface area contributed by atoms with E-state index in [1.807, 2.05) is 7.05 Å². The number of aromatic nitrogens is 2. The fourth-order valence-electron chi connectivity index (χ4n) is 2.54. The van der Waals surface area contributed by atoms with E-state index in [1.165, 1.54) is 10.5 Å². The van der Waals surface area contributed by atoms with Crippen molar-refractivity contribution in [3.8, 4) is 0 Å². The van der Waals surface area contributed by atoms with E-state index in [4.69, 9.17) is 0 Å². The van der Waals surface area contributed by atoms with Crippen LogP contribution in [0.4, 0.5) is 0 Å². The number of aromatic amines is 1. The minimum absolute atomic E-state index is 0.0630. The van der Waals surface area contributed by atoms with E-state index >= 15 is 0 Å². The Labute approximate surface area is 119 Å². The molecule has 0 spiro atoms. The van der Waals surface area contributed by atoms with Crippen LogP contribution in [-0.4, -0.2) is 72.0 Å². The summed E-state index contributed by atoms with van der Waals surface area (Å²) in [5.74, 6) is 0.566. The van der Waals surface area contributed by atoms with Crippen LogP contribution < -0.4 is 0 Å². The van der Waals surface area contributed by atoms with Crippen LogP contribution in [0.1, 0.15) is 18.7 Å². The van der Waals surface area contributed by atoms with E-state index in [0.29, 0.717) is 5.82 Å². The average Bonchev–Trinajstić information content (AvgIpc) is 2.84. The van der Waals surface area contributed by atoms with Gasteiger partial charge in [0.25, 0.3) is 10.0 Å². The van der Waals surface area contributed by atoms with Crippen molar-refractivity contribution in [2.45, 2.75) is 30.8 Å². The van der Waals surface area contributed by atoms with Crippen molar-refractivity contribution in [2.75, 3.05) is 33.3 Å². The molecule has 1 aliphatic heterocycles. The highest BCUT2D eigenvalue weighted by Crippen LogP contribution is 2.22. The summed E-state index contributed by atoms with van der Waals surface area (Å²) in [6, 6.07) is -0.0630. The Morgan fingerprint density at radius 3 is 2.65 bits per heavy atom. The third-order valence-corrected chi connectivity index (χ3v) is 5.54. The topological polar surface area (TPSA) is 89.5 Å². The van der Waals surface area contributed by atoms with Gasteiger partial charge in [-0.25, -0.2) is 13.4 Å². The lowest BCUT2D eigenvalue weighted by molar-refractivity contribution is 0.161. The zero-order valence-corrected chi connectivity index (χ0v) is 12.7. The molecule has 0 aromatic carbocycles. The highest BCUT2D eigenvalue weighted by Gasteiger charge is 2.33. The maximum Gasteiger partial charge on any atom is 0.260 e. The highest BCUT2D eigenvalue weighted by molar-refractivity contribution is 7.89. The molecule has 0 unspecified atom stereocenters. The summed E-state index contributed by atoms with van der Waals surface area (Å²) in [6.07, 6.45) is 2.90. The van der Waals surface area contributed by atoms with Gasteiger partial charge in [-0.1, -0.05) is 0 Å². The van der Waals surface area contributed by atoms with Gasteiger partial charge in [-0.05, 0) is 39.9 Å². The van der Waals surface area contributed by atoms with Gasteiger partial charge < -0.3 is 15.0 Å². The van der Waals surface area contributed by atoms with Crippen molar-refractivity contribution in [3.63, 3.8) is 0 Å². The minimum Gasteiger partial charge on any atom is -0.395 e. The molecule has 1 aromatic heterocycles. The van der Waals surface area contributed by atoms with Crippen molar-refractivity contribution in [1.82, 2.24) is 19.2 Å². The predicted octanol–water partition coefficient (Wildman–Crippen LogP) is -0.205. The summed E-state index contributed by atoms with van der Waals surface area (Å²) >= 11 is 0. The van der Waals surface area contributed by atoms with Crippen molar-refractivity contribution in [1.29, 1.82) is 0 Å². The van der Waals surface area contributed by atoms with Crippen LogP contribution in [-0.2, 0) is 10.0 Å². The second kappa shape index (κ2) is 6.21. The number of H-pyrrole nitrogens is 1. The molecule has 0 bridgehead atoms. The number of rotatable bonds is 5. The molecule has 1 fully saturated rings. The van der Waals surface area contributed by atoms with Gasteiger partial charge >= 0.3 is 0 Å². The summed E-state index contributed by atoms with van der Waals surface area (Å²) in [5, 5.41) is 9.29. The molecule has 2 N–H and O–H groups in total. The molecular formula is C12H22N4O3S. The van der Waals surface area contributed by atoms with Gasteiger partial charge in [-0.15, -0.1) is 0 Å².